The molecule has 0 fully saturated rings. The Hall–Kier alpha value is -1.06. The van der Waals surface area contributed by atoms with Gasteiger partial charge in [-0.25, -0.2) is 0 Å². The van der Waals surface area contributed by atoms with Gasteiger partial charge in [0.15, 0.2) is 0 Å². The highest BCUT2D eigenvalue weighted by atomic mass is 16.2. The second kappa shape index (κ2) is 28.9. The van der Waals surface area contributed by atoms with E-state index in [1.54, 1.807) is 0 Å². The van der Waals surface area contributed by atoms with Gasteiger partial charge >= 0.3 is 0 Å². The van der Waals surface area contributed by atoms with Gasteiger partial charge in [0.05, 0.1) is 0 Å². The fraction of sp³-hybridized carbons (Fsp3) is 0.941. The molecule has 0 aromatic rings. The Balaban J connectivity index is 4.39. The summed E-state index contributed by atoms with van der Waals surface area (Å²) in [6.07, 6.45) is 29.1. The summed E-state index contributed by atoms with van der Waals surface area (Å²) in [6, 6.07) is 0. The zero-order valence-electron chi connectivity index (χ0n) is 26.4. The van der Waals surface area contributed by atoms with Crippen molar-refractivity contribution in [2.24, 2.45) is 11.8 Å². The maximum absolute atomic E-state index is 12.9. The average Bonchev–Trinajstić information content (AvgIpc) is 2.92. The molecule has 4 heteroatoms. The van der Waals surface area contributed by atoms with Crippen molar-refractivity contribution >= 4 is 11.8 Å². The van der Waals surface area contributed by atoms with Crippen molar-refractivity contribution in [3.8, 4) is 0 Å². The van der Waals surface area contributed by atoms with Gasteiger partial charge in [-0.3, -0.25) is 9.59 Å². The van der Waals surface area contributed by atoms with Crippen LogP contribution in [0.1, 0.15) is 182 Å². The molecule has 0 bridgehead atoms. The molecule has 0 saturated heterocycles. The van der Waals surface area contributed by atoms with E-state index >= 15 is 0 Å². The third-order valence-electron chi connectivity index (χ3n) is 8.09. The molecule has 0 aliphatic carbocycles. The van der Waals surface area contributed by atoms with Crippen molar-refractivity contribution in [1.29, 1.82) is 0 Å². The first-order valence-electron chi connectivity index (χ1n) is 17.2. The number of unbranched alkanes of at least 4 members (excludes halogenated alkanes) is 16. The number of amides is 2. The highest BCUT2D eigenvalue weighted by molar-refractivity contribution is 5.79. The molecule has 2 amide bonds. The van der Waals surface area contributed by atoms with Crippen LogP contribution in [0.15, 0.2) is 0 Å². The van der Waals surface area contributed by atoms with Crippen LogP contribution in [-0.4, -0.2) is 24.9 Å². The monoisotopic (exact) mass is 537 g/mol. The van der Waals surface area contributed by atoms with E-state index in [1.807, 2.05) is 0 Å². The first kappa shape index (κ1) is 36.9. The van der Waals surface area contributed by atoms with Gasteiger partial charge < -0.3 is 10.6 Å². The zero-order chi connectivity index (χ0) is 28.1. The minimum absolute atomic E-state index is 0.131. The lowest BCUT2D eigenvalue weighted by atomic mass is 9.93. The van der Waals surface area contributed by atoms with Crippen LogP contribution in [0.25, 0.3) is 0 Å². The summed E-state index contributed by atoms with van der Waals surface area (Å²) in [5.74, 6) is 0.659. The molecule has 2 N–H and O–H groups in total. The molecule has 0 aromatic carbocycles. The molecular weight excluding hydrogens is 468 g/mol. The SMILES string of the molecule is CCCCCCCCC[C@@H](CCCCC)C(=O)NCCNC(=O)[C@H](CCCCC)CCCCCCCCC. The number of carbonyl (C=O) groups excluding carboxylic acids is 2. The first-order chi connectivity index (χ1) is 18.6. The van der Waals surface area contributed by atoms with E-state index < -0.39 is 0 Å². The highest BCUT2D eigenvalue weighted by Crippen LogP contribution is 2.20. The molecule has 226 valence electrons. The summed E-state index contributed by atoms with van der Waals surface area (Å²) in [5, 5.41) is 6.30. The summed E-state index contributed by atoms with van der Waals surface area (Å²) < 4.78 is 0. The Bertz CT molecular complexity index is 477. The van der Waals surface area contributed by atoms with Gasteiger partial charge in [0.25, 0.3) is 0 Å². The van der Waals surface area contributed by atoms with Crippen LogP contribution in [0.4, 0.5) is 0 Å². The Morgan fingerprint density at radius 1 is 0.395 bits per heavy atom. The van der Waals surface area contributed by atoms with E-state index in [-0.39, 0.29) is 23.7 Å². The normalized spacial score (nSPS) is 12.8. The van der Waals surface area contributed by atoms with Crippen LogP contribution in [0.5, 0.6) is 0 Å². The third kappa shape index (κ3) is 22.9. The summed E-state index contributed by atoms with van der Waals surface area (Å²) >= 11 is 0. The summed E-state index contributed by atoms with van der Waals surface area (Å²) in [6.45, 7) is 10.0. The fourth-order valence-corrected chi connectivity index (χ4v) is 5.45. The molecular formula is C34H68N2O2. The number of carbonyl (C=O) groups is 2. The Morgan fingerprint density at radius 2 is 0.632 bits per heavy atom. The molecule has 2 atom stereocenters. The van der Waals surface area contributed by atoms with E-state index in [4.69, 9.17) is 0 Å². The molecule has 38 heavy (non-hydrogen) atoms. The quantitative estimate of drug-likeness (QED) is 0.0934. The Labute approximate surface area is 238 Å². The van der Waals surface area contributed by atoms with Gasteiger partial charge in [0, 0.05) is 24.9 Å². The molecule has 0 rings (SSSR count). The first-order valence-corrected chi connectivity index (χ1v) is 17.2. The lowest BCUT2D eigenvalue weighted by molar-refractivity contribution is -0.127. The van der Waals surface area contributed by atoms with Gasteiger partial charge in [0.1, 0.15) is 0 Å². The largest absolute Gasteiger partial charge is 0.354 e. The number of hydrogen-bond donors (Lipinski definition) is 2. The van der Waals surface area contributed by atoms with Crippen molar-refractivity contribution in [3.63, 3.8) is 0 Å². The van der Waals surface area contributed by atoms with Gasteiger partial charge in [-0.15, -0.1) is 0 Å². The van der Waals surface area contributed by atoms with E-state index in [2.05, 4.69) is 38.3 Å². The van der Waals surface area contributed by atoms with Crippen molar-refractivity contribution < 1.29 is 9.59 Å². The molecule has 0 radical (unpaired) electrons. The summed E-state index contributed by atoms with van der Waals surface area (Å²) in [4.78, 5) is 25.9. The molecule has 4 nitrogen and oxygen atoms in total. The zero-order valence-corrected chi connectivity index (χ0v) is 26.4. The van der Waals surface area contributed by atoms with Crippen LogP contribution in [0.3, 0.4) is 0 Å². The van der Waals surface area contributed by atoms with Crippen LogP contribution >= 0.6 is 0 Å². The minimum Gasteiger partial charge on any atom is -0.354 e. The lowest BCUT2D eigenvalue weighted by Crippen LogP contribution is -2.39. The number of nitrogens with one attached hydrogen (secondary N) is 2. The van der Waals surface area contributed by atoms with Gasteiger partial charge in [-0.1, -0.05) is 156 Å². The average molecular weight is 537 g/mol. The molecule has 0 spiro atoms. The van der Waals surface area contributed by atoms with Crippen LogP contribution in [-0.2, 0) is 9.59 Å². The van der Waals surface area contributed by atoms with Crippen LogP contribution in [0.2, 0.25) is 0 Å². The van der Waals surface area contributed by atoms with E-state index in [9.17, 15) is 9.59 Å². The third-order valence-corrected chi connectivity index (χ3v) is 8.09. The van der Waals surface area contributed by atoms with Crippen LogP contribution < -0.4 is 10.6 Å². The molecule has 0 aromatic heterocycles. The number of rotatable bonds is 29. The highest BCUT2D eigenvalue weighted by Gasteiger charge is 2.19. The van der Waals surface area contributed by atoms with E-state index in [0.717, 1.165) is 51.4 Å². The molecule has 0 unspecified atom stereocenters. The van der Waals surface area contributed by atoms with E-state index in [0.29, 0.717) is 13.1 Å². The van der Waals surface area contributed by atoms with E-state index in [1.165, 1.54) is 103 Å². The molecule has 0 aliphatic rings. The van der Waals surface area contributed by atoms with Crippen LogP contribution in [0, 0.1) is 11.8 Å². The van der Waals surface area contributed by atoms with Crippen molar-refractivity contribution in [1.82, 2.24) is 10.6 Å². The Kier molecular flexibility index (Phi) is 28.1. The van der Waals surface area contributed by atoms with Gasteiger partial charge in [-0.2, -0.15) is 0 Å². The maximum atomic E-state index is 12.9. The predicted octanol–water partition coefficient (Wildman–Crippen LogP) is 9.89. The summed E-state index contributed by atoms with van der Waals surface area (Å²) in [5.41, 5.74) is 0. The second-order valence-electron chi connectivity index (χ2n) is 11.8. The standard InChI is InChI=1S/C34H68N2O2/c1-5-9-13-15-17-19-23-27-31(25-21-11-7-3)33(37)35-29-30-36-34(38)32(26-22-12-8-4)28-24-20-18-16-14-10-6-2/h31-32H,5-30H2,1-4H3,(H,35,37)(H,36,38)/t31-,32-/m1/s1. The maximum Gasteiger partial charge on any atom is 0.223 e. The van der Waals surface area contributed by atoms with Gasteiger partial charge in [0.2, 0.25) is 11.8 Å². The van der Waals surface area contributed by atoms with Crippen molar-refractivity contribution in [2.45, 2.75) is 182 Å². The van der Waals surface area contributed by atoms with Crippen molar-refractivity contribution in [2.75, 3.05) is 13.1 Å². The summed E-state index contributed by atoms with van der Waals surface area (Å²) in [7, 11) is 0. The topological polar surface area (TPSA) is 58.2 Å². The molecule has 0 heterocycles. The molecule has 0 saturated carbocycles. The molecule has 0 aliphatic heterocycles. The van der Waals surface area contributed by atoms with Gasteiger partial charge in [-0.05, 0) is 25.7 Å². The Morgan fingerprint density at radius 3 is 0.947 bits per heavy atom. The van der Waals surface area contributed by atoms with Crippen molar-refractivity contribution in [3.05, 3.63) is 0 Å². The second-order valence-corrected chi connectivity index (χ2v) is 11.8. The predicted molar refractivity (Wildman–Crippen MR) is 167 cm³/mol. The lowest BCUT2D eigenvalue weighted by Gasteiger charge is -2.19. The minimum atomic E-state index is 0.131. The fourth-order valence-electron chi connectivity index (χ4n) is 5.45. The number of hydrogen-bond acceptors (Lipinski definition) is 2. The smallest absolute Gasteiger partial charge is 0.223 e.